The highest BCUT2D eigenvalue weighted by atomic mass is 35.5. The molecule has 1 heterocycles. The van der Waals surface area contributed by atoms with Crippen molar-refractivity contribution in [3.8, 4) is 0 Å². The van der Waals surface area contributed by atoms with Crippen LogP contribution in [0.1, 0.15) is 5.56 Å². The van der Waals surface area contributed by atoms with Gasteiger partial charge in [-0.1, -0.05) is 17.7 Å². The van der Waals surface area contributed by atoms with Gasteiger partial charge in [0.1, 0.15) is 16.8 Å². The zero-order valence-corrected chi connectivity index (χ0v) is 11.0. The molecule has 0 aromatic heterocycles. The third-order valence-electron chi connectivity index (χ3n) is 2.63. The largest absolute Gasteiger partial charge is 0.504 e. The van der Waals surface area contributed by atoms with E-state index in [0.29, 0.717) is 28.4 Å². The molecule has 100 valence electrons. The molecule has 1 aromatic rings. The van der Waals surface area contributed by atoms with Crippen LogP contribution in [0.3, 0.4) is 0 Å². The van der Waals surface area contributed by atoms with Gasteiger partial charge < -0.3 is 10.1 Å². The molecule has 0 aliphatic carbocycles. The van der Waals surface area contributed by atoms with E-state index in [4.69, 9.17) is 16.3 Å². The number of rotatable bonds is 3. The molecule has 0 unspecified atom stereocenters. The molecule has 0 saturated carbocycles. The summed E-state index contributed by atoms with van der Waals surface area (Å²) in [6, 6.07) is 3.37. The van der Waals surface area contributed by atoms with E-state index in [0.717, 1.165) is 6.07 Å². The quantitative estimate of drug-likeness (QED) is 0.676. The smallest absolute Gasteiger partial charge is 0.126 e. The minimum absolute atomic E-state index is 0.412. The Hall–Kier alpha value is -1.81. The van der Waals surface area contributed by atoms with Crippen LogP contribution in [0.25, 0.3) is 5.57 Å². The Bertz CT molecular complexity index is 559. The Morgan fingerprint density at radius 2 is 1.95 bits per heavy atom. The lowest BCUT2D eigenvalue weighted by Gasteiger charge is -2.18. The van der Waals surface area contributed by atoms with Crippen molar-refractivity contribution in [1.29, 1.82) is 0 Å². The number of dihydropyridines is 1. The van der Waals surface area contributed by atoms with Gasteiger partial charge in [0.05, 0.1) is 13.4 Å². The number of ether oxygens (including phenoxy) is 1. The predicted octanol–water partition coefficient (Wildman–Crippen LogP) is 3.56. The van der Waals surface area contributed by atoms with Crippen molar-refractivity contribution in [3.63, 3.8) is 0 Å². The van der Waals surface area contributed by atoms with Crippen LogP contribution in [-0.2, 0) is 4.74 Å². The van der Waals surface area contributed by atoms with Gasteiger partial charge in [-0.15, -0.1) is 0 Å². The van der Waals surface area contributed by atoms with Crippen molar-refractivity contribution < 1.29 is 13.5 Å². The summed E-state index contributed by atoms with van der Waals surface area (Å²) in [6.45, 7) is 0.497. The van der Waals surface area contributed by atoms with E-state index in [2.05, 4.69) is 5.32 Å². The van der Waals surface area contributed by atoms with Gasteiger partial charge in [0.25, 0.3) is 0 Å². The number of methoxy groups -OCH3 is 1. The average Bonchev–Trinajstić information content (AvgIpc) is 2.36. The number of allylic oxidation sites excluding steroid dienone is 3. The van der Waals surface area contributed by atoms with Gasteiger partial charge in [-0.25, -0.2) is 8.78 Å². The monoisotopic (exact) mass is 283 g/mol. The van der Waals surface area contributed by atoms with Gasteiger partial charge >= 0.3 is 0 Å². The summed E-state index contributed by atoms with van der Waals surface area (Å²) in [5, 5.41) is 3.36. The zero-order chi connectivity index (χ0) is 13.8. The lowest BCUT2D eigenvalue weighted by Crippen LogP contribution is -2.16. The molecule has 1 aliphatic heterocycles. The van der Waals surface area contributed by atoms with Crippen LogP contribution < -0.4 is 5.32 Å². The van der Waals surface area contributed by atoms with Gasteiger partial charge in [-0.05, 0) is 29.3 Å². The summed E-state index contributed by atoms with van der Waals surface area (Å²) in [7, 11) is 1.51. The van der Waals surface area contributed by atoms with Crippen molar-refractivity contribution in [2.45, 2.75) is 0 Å². The molecule has 2 nitrogen and oxygen atoms in total. The van der Waals surface area contributed by atoms with Crippen molar-refractivity contribution in [2.75, 3.05) is 13.7 Å². The SMILES string of the molecule is CO/C=C/C1=C(Cl)NCC=C1c1cc(F)cc(F)c1. The topological polar surface area (TPSA) is 21.3 Å². The molecule has 0 bridgehead atoms. The first-order valence-corrected chi connectivity index (χ1v) is 5.99. The van der Waals surface area contributed by atoms with Gasteiger partial charge in [-0.3, -0.25) is 0 Å². The van der Waals surface area contributed by atoms with E-state index in [1.165, 1.54) is 25.5 Å². The maximum Gasteiger partial charge on any atom is 0.126 e. The Labute approximate surface area is 115 Å². The van der Waals surface area contributed by atoms with Crippen molar-refractivity contribution in [3.05, 3.63) is 64.5 Å². The fourth-order valence-electron chi connectivity index (χ4n) is 1.85. The minimum atomic E-state index is -0.624. The number of nitrogens with one attached hydrogen (secondary N) is 1. The maximum atomic E-state index is 13.3. The number of hydrogen-bond donors (Lipinski definition) is 1. The summed E-state index contributed by atoms with van der Waals surface area (Å²) in [5.74, 6) is -1.25. The second kappa shape index (κ2) is 5.89. The van der Waals surface area contributed by atoms with Gasteiger partial charge in [0, 0.05) is 18.2 Å². The molecule has 19 heavy (non-hydrogen) atoms. The van der Waals surface area contributed by atoms with Crippen molar-refractivity contribution in [1.82, 2.24) is 5.32 Å². The molecule has 2 rings (SSSR count). The molecule has 0 radical (unpaired) electrons. The number of halogens is 3. The summed E-state index contributed by atoms with van der Waals surface area (Å²) in [4.78, 5) is 0. The molecule has 0 spiro atoms. The first-order chi connectivity index (χ1) is 9.11. The Morgan fingerprint density at radius 3 is 2.58 bits per heavy atom. The van der Waals surface area contributed by atoms with E-state index in [-0.39, 0.29) is 0 Å². The maximum absolute atomic E-state index is 13.3. The highest BCUT2D eigenvalue weighted by Gasteiger charge is 2.15. The molecule has 0 saturated heterocycles. The van der Waals surface area contributed by atoms with Crippen LogP contribution >= 0.6 is 11.6 Å². The first-order valence-electron chi connectivity index (χ1n) is 5.62. The van der Waals surface area contributed by atoms with E-state index in [9.17, 15) is 8.78 Å². The lowest BCUT2D eigenvalue weighted by molar-refractivity contribution is 0.338. The van der Waals surface area contributed by atoms with Crippen LogP contribution in [0.5, 0.6) is 0 Å². The minimum Gasteiger partial charge on any atom is -0.504 e. The Balaban J connectivity index is 2.47. The predicted molar refractivity (Wildman–Crippen MR) is 71.4 cm³/mol. The fourth-order valence-corrected chi connectivity index (χ4v) is 2.09. The molecule has 1 aromatic carbocycles. The fraction of sp³-hybridized carbons (Fsp3) is 0.143. The first kappa shape index (κ1) is 13.6. The van der Waals surface area contributed by atoms with E-state index < -0.39 is 11.6 Å². The Kier molecular flexibility index (Phi) is 4.22. The van der Waals surface area contributed by atoms with Gasteiger partial charge in [0.15, 0.2) is 0 Å². The summed E-state index contributed by atoms with van der Waals surface area (Å²) in [5.41, 5.74) is 1.73. The van der Waals surface area contributed by atoms with E-state index in [1.54, 1.807) is 6.08 Å². The highest BCUT2D eigenvalue weighted by Crippen LogP contribution is 2.30. The Morgan fingerprint density at radius 1 is 1.26 bits per heavy atom. The van der Waals surface area contributed by atoms with Crippen LogP contribution in [0, 0.1) is 11.6 Å². The molecular weight excluding hydrogens is 272 g/mol. The van der Waals surface area contributed by atoms with Crippen LogP contribution in [0.15, 0.2) is 47.3 Å². The van der Waals surface area contributed by atoms with Crippen LogP contribution in [0.2, 0.25) is 0 Å². The molecule has 0 amide bonds. The second-order valence-electron chi connectivity index (χ2n) is 3.92. The normalized spacial score (nSPS) is 15.5. The number of benzene rings is 1. The summed E-state index contributed by atoms with van der Waals surface area (Å²) >= 11 is 6.08. The second-order valence-corrected chi connectivity index (χ2v) is 4.30. The standard InChI is InChI=1S/C14H12ClF2NO/c1-19-5-3-13-12(2-4-18-14(13)15)9-6-10(16)8-11(17)7-9/h2-3,5-8,18H,4H2,1H3/b5-3+. The molecule has 0 fully saturated rings. The molecule has 0 atom stereocenters. The third-order valence-corrected chi connectivity index (χ3v) is 2.97. The summed E-state index contributed by atoms with van der Waals surface area (Å²) < 4.78 is 31.4. The molecular formula is C14H12ClF2NO. The third kappa shape index (κ3) is 3.15. The van der Waals surface area contributed by atoms with Gasteiger partial charge in [0.2, 0.25) is 0 Å². The number of hydrogen-bond acceptors (Lipinski definition) is 2. The van der Waals surface area contributed by atoms with E-state index >= 15 is 0 Å². The summed E-state index contributed by atoms with van der Waals surface area (Å²) in [6.07, 6.45) is 4.91. The van der Waals surface area contributed by atoms with E-state index in [1.807, 2.05) is 6.08 Å². The van der Waals surface area contributed by atoms with Crippen LogP contribution in [-0.4, -0.2) is 13.7 Å². The molecule has 5 heteroatoms. The lowest BCUT2D eigenvalue weighted by atomic mass is 9.96. The molecule has 1 aliphatic rings. The van der Waals surface area contributed by atoms with Gasteiger partial charge in [-0.2, -0.15) is 0 Å². The highest BCUT2D eigenvalue weighted by molar-refractivity contribution is 6.31. The average molecular weight is 284 g/mol. The molecule has 1 N–H and O–H groups in total. The van der Waals surface area contributed by atoms with Crippen molar-refractivity contribution >= 4 is 17.2 Å². The van der Waals surface area contributed by atoms with Crippen molar-refractivity contribution in [2.24, 2.45) is 0 Å². The zero-order valence-electron chi connectivity index (χ0n) is 10.2. The van der Waals surface area contributed by atoms with Crippen LogP contribution in [0.4, 0.5) is 8.78 Å².